The molecule has 1 amide bonds. The number of carbonyl (C=O) groups excluding carboxylic acids is 1. The van der Waals surface area contributed by atoms with Crippen LogP contribution < -0.4 is 19.3 Å². The van der Waals surface area contributed by atoms with E-state index in [1.807, 2.05) is 32.0 Å². The molecule has 4 bridgehead atoms. The molecule has 1 saturated heterocycles. The van der Waals surface area contributed by atoms with E-state index in [2.05, 4.69) is 45.3 Å². The maximum Gasteiger partial charge on any atom is 0.264 e. The predicted octanol–water partition coefficient (Wildman–Crippen LogP) is 6.20. The first-order valence-electron chi connectivity index (χ1n) is 17.6. The number of hydrogen-bond acceptors (Lipinski definition) is 10. The number of aromatic nitrogens is 4. The molecule has 2 aliphatic heterocycles. The van der Waals surface area contributed by atoms with Crippen molar-refractivity contribution in [3.8, 4) is 17.1 Å². The molecule has 2 aromatic carbocycles. The zero-order chi connectivity index (χ0) is 35.9. The summed E-state index contributed by atoms with van der Waals surface area (Å²) in [4.78, 5) is 37.1. The smallest absolute Gasteiger partial charge is 0.264 e. The van der Waals surface area contributed by atoms with E-state index < -0.39 is 10.0 Å². The SMILES string of the molecule is Cc1cccc(C)c1-c1cc2nc(n1)NS(=O)(=O)c1cccc(c1)C(=O)N(c1cncc(N3CCCOC4CCC43)n1)C[C@H](CC(C)(C)C)CO2. The van der Waals surface area contributed by atoms with Crippen molar-refractivity contribution in [2.75, 3.05) is 40.8 Å². The van der Waals surface area contributed by atoms with Crippen molar-refractivity contribution >= 4 is 33.5 Å². The van der Waals surface area contributed by atoms with Crippen LogP contribution in [0.15, 0.2) is 65.8 Å². The molecule has 3 aliphatic rings. The Morgan fingerprint density at radius 3 is 2.47 bits per heavy atom. The number of anilines is 3. The van der Waals surface area contributed by atoms with E-state index in [4.69, 9.17) is 14.5 Å². The number of sulfonamides is 1. The van der Waals surface area contributed by atoms with Crippen molar-refractivity contribution in [3.05, 3.63) is 77.6 Å². The van der Waals surface area contributed by atoms with Crippen LogP contribution in [0.4, 0.5) is 17.6 Å². The molecule has 2 unspecified atom stereocenters. The first-order valence-corrected chi connectivity index (χ1v) is 19.1. The molecular weight excluding hydrogens is 667 g/mol. The first-order chi connectivity index (χ1) is 24.3. The number of nitrogens with one attached hydrogen (secondary N) is 1. The average Bonchev–Trinajstić information content (AvgIpc) is 3.21. The van der Waals surface area contributed by atoms with E-state index in [1.54, 1.807) is 35.5 Å². The summed E-state index contributed by atoms with van der Waals surface area (Å²) in [6.07, 6.45) is 7.12. The highest BCUT2D eigenvalue weighted by Gasteiger charge is 2.39. The molecule has 1 N–H and O–H groups in total. The van der Waals surface area contributed by atoms with Gasteiger partial charge in [-0.05, 0) is 74.3 Å². The average molecular weight is 712 g/mol. The molecular formula is C38H45N7O5S. The Morgan fingerprint density at radius 1 is 0.961 bits per heavy atom. The van der Waals surface area contributed by atoms with Crippen molar-refractivity contribution in [3.63, 3.8) is 0 Å². The Kier molecular flexibility index (Phi) is 9.44. The highest BCUT2D eigenvalue weighted by atomic mass is 32.2. The maximum absolute atomic E-state index is 14.5. The highest BCUT2D eigenvalue weighted by molar-refractivity contribution is 7.92. The van der Waals surface area contributed by atoms with Gasteiger partial charge in [0.05, 0.1) is 41.7 Å². The molecule has 12 nitrogen and oxygen atoms in total. The molecule has 13 heteroatoms. The molecule has 51 heavy (non-hydrogen) atoms. The summed E-state index contributed by atoms with van der Waals surface area (Å²) in [7, 11) is -4.20. The minimum Gasteiger partial charge on any atom is -0.477 e. The summed E-state index contributed by atoms with van der Waals surface area (Å²) in [5.74, 6) is 0.638. The molecule has 4 aromatic rings. The fourth-order valence-corrected chi connectivity index (χ4v) is 8.33. The van der Waals surface area contributed by atoms with Crippen molar-refractivity contribution in [2.24, 2.45) is 11.3 Å². The topological polar surface area (TPSA) is 140 Å². The Bertz CT molecular complexity index is 2030. The number of nitrogens with zero attached hydrogens (tertiary/aromatic N) is 6. The number of ether oxygens (including phenoxy) is 2. The third-order valence-electron chi connectivity index (χ3n) is 9.74. The van der Waals surface area contributed by atoms with Gasteiger partial charge in [-0.15, -0.1) is 0 Å². The lowest BCUT2D eigenvalue weighted by Gasteiger charge is -2.42. The van der Waals surface area contributed by atoms with E-state index in [-0.39, 0.29) is 64.8 Å². The quantitative estimate of drug-likeness (QED) is 0.260. The second kappa shape index (κ2) is 13.8. The zero-order valence-electron chi connectivity index (χ0n) is 29.8. The van der Waals surface area contributed by atoms with Crippen LogP contribution in [-0.2, 0) is 14.8 Å². The standard InChI is InChI=1S/C38H45N7O5S/c1-24-9-6-10-25(2)35(24)29-18-34-42-37(40-29)43-51(47,48)28-12-7-11-27(17-28)36(46)45(22-26(23-50-34)19-38(3,4)5)33-21-39-20-32(41-33)44-15-8-16-49-31-14-13-30(31)44/h6-7,9-12,17-18,20-21,26,30-31H,8,13-16,19,22-23H2,1-5H3,(H,40,42,43)/t26-,30?,31?/m0/s1. The largest absolute Gasteiger partial charge is 0.477 e. The van der Waals surface area contributed by atoms with Crippen LogP contribution in [0.5, 0.6) is 5.88 Å². The van der Waals surface area contributed by atoms with Gasteiger partial charge >= 0.3 is 0 Å². The lowest BCUT2D eigenvalue weighted by atomic mass is 9.84. The minimum absolute atomic E-state index is 0.0967. The van der Waals surface area contributed by atoms with Gasteiger partial charge in [-0.25, -0.2) is 23.1 Å². The monoisotopic (exact) mass is 711 g/mol. The summed E-state index contributed by atoms with van der Waals surface area (Å²) >= 11 is 0. The summed E-state index contributed by atoms with van der Waals surface area (Å²) in [6.45, 7) is 12.4. The van der Waals surface area contributed by atoms with E-state index in [0.29, 0.717) is 30.4 Å². The number of rotatable bonds is 4. The van der Waals surface area contributed by atoms with Gasteiger partial charge in [-0.1, -0.05) is 45.0 Å². The second-order valence-electron chi connectivity index (χ2n) is 15.0. The van der Waals surface area contributed by atoms with Gasteiger partial charge in [0.2, 0.25) is 11.8 Å². The van der Waals surface area contributed by atoms with Crippen molar-refractivity contribution < 1.29 is 22.7 Å². The number of benzene rings is 2. The number of amides is 1. The number of aryl methyl sites for hydroxylation is 2. The summed E-state index contributed by atoms with van der Waals surface area (Å²) in [5.41, 5.74) is 3.48. The summed E-state index contributed by atoms with van der Waals surface area (Å²) < 4.78 is 42.6. The van der Waals surface area contributed by atoms with Crippen LogP contribution in [-0.4, -0.2) is 72.7 Å². The predicted molar refractivity (Wildman–Crippen MR) is 196 cm³/mol. The molecule has 3 atom stereocenters. The molecule has 0 spiro atoms. The molecule has 2 fully saturated rings. The van der Waals surface area contributed by atoms with Crippen LogP contribution in [0.2, 0.25) is 0 Å². The molecule has 4 heterocycles. The lowest BCUT2D eigenvalue weighted by molar-refractivity contribution is -0.00317. The zero-order valence-corrected chi connectivity index (χ0v) is 30.6. The number of fused-ring (bicyclic) bond motifs is 5. The van der Waals surface area contributed by atoms with Crippen LogP contribution in [0, 0.1) is 25.2 Å². The van der Waals surface area contributed by atoms with Crippen LogP contribution >= 0.6 is 0 Å². The maximum atomic E-state index is 14.5. The molecule has 268 valence electrons. The summed E-state index contributed by atoms with van der Waals surface area (Å²) in [6, 6.07) is 13.9. The van der Waals surface area contributed by atoms with Gasteiger partial charge in [-0.3, -0.25) is 14.7 Å². The molecule has 1 saturated carbocycles. The Morgan fingerprint density at radius 2 is 1.73 bits per heavy atom. The van der Waals surface area contributed by atoms with Gasteiger partial charge < -0.3 is 14.4 Å². The van der Waals surface area contributed by atoms with Crippen LogP contribution in [0.25, 0.3) is 11.3 Å². The fourth-order valence-electron chi connectivity index (χ4n) is 7.34. The third-order valence-corrected chi connectivity index (χ3v) is 11.1. The van der Waals surface area contributed by atoms with Crippen LogP contribution in [0.3, 0.4) is 0 Å². The van der Waals surface area contributed by atoms with Gasteiger partial charge in [-0.2, -0.15) is 4.98 Å². The number of hydrogen-bond donors (Lipinski definition) is 1. The first kappa shape index (κ1) is 34.8. The van der Waals surface area contributed by atoms with Gasteiger partial charge in [0.25, 0.3) is 15.9 Å². The third kappa shape index (κ3) is 7.55. The second-order valence-corrected chi connectivity index (χ2v) is 16.7. The molecule has 0 radical (unpaired) electrons. The fraction of sp³-hybridized carbons (Fsp3) is 0.447. The van der Waals surface area contributed by atoms with Gasteiger partial charge in [0.1, 0.15) is 5.82 Å². The Hall–Kier alpha value is -4.62. The van der Waals surface area contributed by atoms with Crippen molar-refractivity contribution in [1.82, 2.24) is 19.9 Å². The van der Waals surface area contributed by atoms with Crippen molar-refractivity contribution in [2.45, 2.75) is 77.3 Å². The van der Waals surface area contributed by atoms with E-state index in [9.17, 15) is 13.2 Å². The van der Waals surface area contributed by atoms with E-state index in [1.165, 1.54) is 12.1 Å². The van der Waals surface area contributed by atoms with Crippen molar-refractivity contribution in [1.29, 1.82) is 0 Å². The summed E-state index contributed by atoms with van der Waals surface area (Å²) in [5, 5.41) is 0. The van der Waals surface area contributed by atoms with Crippen LogP contribution in [0.1, 0.15) is 67.9 Å². The van der Waals surface area contributed by atoms with E-state index in [0.717, 1.165) is 42.5 Å². The minimum atomic E-state index is -4.20. The molecule has 7 rings (SSSR count). The van der Waals surface area contributed by atoms with E-state index >= 15 is 0 Å². The van der Waals surface area contributed by atoms with Gasteiger partial charge in [0.15, 0.2) is 5.82 Å². The highest BCUT2D eigenvalue weighted by Crippen LogP contribution is 2.35. The molecule has 1 aliphatic carbocycles. The number of carbonyl (C=O) groups is 1. The Balaban J connectivity index is 1.32. The molecule has 2 aromatic heterocycles. The Labute approximate surface area is 299 Å². The van der Waals surface area contributed by atoms with Gasteiger partial charge in [0, 0.05) is 42.8 Å². The lowest BCUT2D eigenvalue weighted by Crippen LogP contribution is -2.51. The normalized spacial score (nSPS) is 22.1.